The first-order chi connectivity index (χ1) is 15.4. The summed E-state index contributed by atoms with van der Waals surface area (Å²) in [6.07, 6.45) is -0.262. The van der Waals surface area contributed by atoms with Crippen LogP contribution in [0.15, 0.2) is 54.6 Å². The first kappa shape index (κ1) is 20.6. The standard InChI is InChI=1S/C22H21F2N7O/c1-12-13(19-27-29-30-28-19)11-18-20(25-12)26-21(31(18)2)22(32,14-7-3-5-9-16(14)23)15-8-4-6-10-17(15)24/h3-11,19,27-30,32H,1-2H3. The molecule has 0 saturated carbocycles. The lowest BCUT2D eigenvalue weighted by Gasteiger charge is -2.29. The molecule has 0 bridgehead atoms. The SMILES string of the molecule is Cc1nc2nc(C(O)(c3ccccc3F)c3ccccc3F)n(C)c2cc1C1NNNN1. The number of hydrogen-bond acceptors (Lipinski definition) is 7. The second kappa shape index (κ2) is 7.69. The Morgan fingerprint density at radius 1 is 0.938 bits per heavy atom. The molecule has 0 radical (unpaired) electrons. The number of hydrazine groups is 3. The van der Waals surface area contributed by atoms with E-state index in [0.717, 1.165) is 5.56 Å². The maximum Gasteiger partial charge on any atom is 0.178 e. The van der Waals surface area contributed by atoms with Crippen LogP contribution in [0.2, 0.25) is 0 Å². The minimum Gasteiger partial charge on any atom is -0.373 e. The van der Waals surface area contributed by atoms with Crippen LogP contribution < -0.4 is 21.9 Å². The molecule has 1 fully saturated rings. The van der Waals surface area contributed by atoms with Crippen LogP contribution in [-0.4, -0.2) is 19.6 Å². The zero-order valence-corrected chi connectivity index (χ0v) is 17.3. The van der Waals surface area contributed by atoms with Gasteiger partial charge in [-0.15, -0.1) is 0 Å². The first-order valence-corrected chi connectivity index (χ1v) is 9.99. The Kier molecular flexibility index (Phi) is 4.96. The van der Waals surface area contributed by atoms with E-state index in [0.29, 0.717) is 16.9 Å². The maximum absolute atomic E-state index is 14.9. The molecule has 1 aliphatic rings. The summed E-state index contributed by atoms with van der Waals surface area (Å²) in [5, 5.41) is 12.0. The number of nitrogens with zero attached hydrogens (tertiary/aromatic N) is 3. The van der Waals surface area contributed by atoms with E-state index < -0.39 is 17.2 Å². The zero-order chi connectivity index (χ0) is 22.5. The van der Waals surface area contributed by atoms with E-state index in [4.69, 9.17) is 0 Å². The number of imidazole rings is 1. The molecule has 0 atom stereocenters. The lowest BCUT2D eigenvalue weighted by molar-refractivity contribution is 0.104. The van der Waals surface area contributed by atoms with Crippen LogP contribution in [0.5, 0.6) is 0 Å². The van der Waals surface area contributed by atoms with Gasteiger partial charge in [0.05, 0.1) is 5.52 Å². The minimum absolute atomic E-state index is 0.0512. The molecule has 1 aliphatic heterocycles. The molecule has 5 rings (SSSR count). The fraction of sp³-hybridized carbons (Fsp3) is 0.182. The summed E-state index contributed by atoms with van der Waals surface area (Å²) >= 11 is 0. The Morgan fingerprint density at radius 3 is 2.06 bits per heavy atom. The molecule has 1 saturated heterocycles. The number of aryl methyl sites for hydroxylation is 2. The zero-order valence-electron chi connectivity index (χ0n) is 17.3. The normalized spacial score (nSPS) is 15.0. The highest BCUT2D eigenvalue weighted by molar-refractivity contribution is 5.74. The summed E-state index contributed by atoms with van der Waals surface area (Å²) in [6, 6.07) is 13.4. The van der Waals surface area contributed by atoms with Crippen LogP contribution in [-0.2, 0) is 12.6 Å². The number of hydrogen-bond donors (Lipinski definition) is 5. The Balaban J connectivity index is 1.79. The number of pyridine rings is 1. The molecule has 4 aromatic rings. The molecule has 32 heavy (non-hydrogen) atoms. The van der Waals surface area contributed by atoms with Crippen LogP contribution in [0.4, 0.5) is 8.78 Å². The third-order valence-electron chi connectivity index (χ3n) is 5.76. The van der Waals surface area contributed by atoms with Crippen LogP contribution in [0, 0.1) is 18.6 Å². The summed E-state index contributed by atoms with van der Waals surface area (Å²) < 4.78 is 31.5. The van der Waals surface area contributed by atoms with Crippen molar-refractivity contribution in [2.24, 2.45) is 7.05 Å². The van der Waals surface area contributed by atoms with E-state index >= 15 is 0 Å². The van der Waals surface area contributed by atoms with Crippen LogP contribution in [0.1, 0.15) is 34.4 Å². The molecule has 5 N–H and O–H groups in total. The van der Waals surface area contributed by atoms with Crippen molar-refractivity contribution >= 4 is 11.2 Å². The summed E-state index contributed by atoms with van der Waals surface area (Å²) in [7, 11) is 1.68. The largest absolute Gasteiger partial charge is 0.373 e. The fourth-order valence-electron chi connectivity index (χ4n) is 4.13. The second-order valence-electron chi connectivity index (χ2n) is 7.64. The topological polar surface area (TPSA) is 99.1 Å². The van der Waals surface area contributed by atoms with Gasteiger partial charge in [0.25, 0.3) is 0 Å². The van der Waals surface area contributed by atoms with Gasteiger partial charge in [0.1, 0.15) is 17.8 Å². The predicted octanol–water partition coefficient (Wildman–Crippen LogP) is 1.95. The summed E-state index contributed by atoms with van der Waals surface area (Å²) in [4.78, 5) is 9.13. The molecule has 3 heterocycles. The van der Waals surface area contributed by atoms with Gasteiger partial charge in [-0.25, -0.2) is 29.6 Å². The first-order valence-electron chi connectivity index (χ1n) is 9.99. The number of benzene rings is 2. The highest BCUT2D eigenvalue weighted by Gasteiger charge is 2.42. The summed E-state index contributed by atoms with van der Waals surface area (Å²) in [5.74, 6) is -1.30. The number of aromatic nitrogens is 3. The van der Waals surface area contributed by atoms with Gasteiger partial charge in [0.2, 0.25) is 0 Å². The third-order valence-corrected chi connectivity index (χ3v) is 5.76. The van der Waals surface area contributed by atoms with Crippen molar-refractivity contribution in [2.45, 2.75) is 18.7 Å². The average Bonchev–Trinajstić information content (AvgIpc) is 3.42. The molecule has 8 nitrogen and oxygen atoms in total. The van der Waals surface area contributed by atoms with Crippen LogP contribution >= 0.6 is 0 Å². The third kappa shape index (κ3) is 3.08. The Hall–Kier alpha value is -3.28. The van der Waals surface area contributed by atoms with E-state index in [-0.39, 0.29) is 23.1 Å². The van der Waals surface area contributed by atoms with Gasteiger partial charge in [0, 0.05) is 29.4 Å². The molecular formula is C22H21F2N7O. The van der Waals surface area contributed by atoms with Crippen LogP contribution in [0.25, 0.3) is 11.2 Å². The summed E-state index contributed by atoms with van der Waals surface area (Å²) in [5.41, 5.74) is 11.6. The lowest BCUT2D eigenvalue weighted by atomic mass is 9.84. The van der Waals surface area contributed by atoms with Crippen molar-refractivity contribution in [1.82, 2.24) is 36.5 Å². The Morgan fingerprint density at radius 2 is 1.50 bits per heavy atom. The molecule has 164 valence electrons. The van der Waals surface area contributed by atoms with Gasteiger partial charge in [0.15, 0.2) is 17.1 Å². The second-order valence-corrected chi connectivity index (χ2v) is 7.64. The van der Waals surface area contributed by atoms with Gasteiger partial charge in [-0.2, -0.15) is 11.1 Å². The van der Waals surface area contributed by atoms with Crippen molar-refractivity contribution in [2.75, 3.05) is 0 Å². The quantitative estimate of drug-likeness (QED) is 0.333. The Bertz CT molecular complexity index is 1270. The number of halogens is 2. The number of rotatable bonds is 4. The fourth-order valence-corrected chi connectivity index (χ4v) is 4.13. The average molecular weight is 437 g/mol. The van der Waals surface area contributed by atoms with E-state index in [1.165, 1.54) is 36.4 Å². The highest BCUT2D eigenvalue weighted by atomic mass is 19.1. The molecular weight excluding hydrogens is 416 g/mol. The molecule has 2 aromatic carbocycles. The van der Waals surface area contributed by atoms with Crippen molar-refractivity contribution in [3.8, 4) is 0 Å². The van der Waals surface area contributed by atoms with Crippen molar-refractivity contribution in [3.05, 3.63) is 94.4 Å². The van der Waals surface area contributed by atoms with E-state index in [2.05, 4.69) is 31.9 Å². The number of aliphatic hydroxyl groups is 1. The number of fused-ring (bicyclic) bond motifs is 1. The van der Waals surface area contributed by atoms with Gasteiger partial charge < -0.3 is 9.67 Å². The molecule has 0 aliphatic carbocycles. The Labute approximate surface area is 182 Å². The smallest absolute Gasteiger partial charge is 0.178 e. The van der Waals surface area contributed by atoms with Gasteiger partial charge in [-0.05, 0) is 25.1 Å². The maximum atomic E-state index is 14.9. The minimum atomic E-state index is -2.19. The van der Waals surface area contributed by atoms with E-state index in [9.17, 15) is 13.9 Å². The van der Waals surface area contributed by atoms with E-state index in [1.54, 1.807) is 23.7 Å². The molecule has 0 unspecified atom stereocenters. The van der Waals surface area contributed by atoms with Crippen molar-refractivity contribution in [1.29, 1.82) is 0 Å². The van der Waals surface area contributed by atoms with Crippen LogP contribution in [0.3, 0.4) is 0 Å². The van der Waals surface area contributed by atoms with Crippen molar-refractivity contribution in [3.63, 3.8) is 0 Å². The summed E-state index contributed by atoms with van der Waals surface area (Å²) in [6.45, 7) is 1.84. The van der Waals surface area contributed by atoms with Gasteiger partial charge in [-0.1, -0.05) is 36.4 Å². The molecule has 10 heteroatoms. The van der Waals surface area contributed by atoms with E-state index in [1.807, 2.05) is 13.0 Å². The highest BCUT2D eigenvalue weighted by Crippen LogP contribution is 2.39. The molecule has 0 spiro atoms. The number of nitrogens with one attached hydrogen (secondary N) is 4. The predicted molar refractivity (Wildman–Crippen MR) is 113 cm³/mol. The molecule has 2 aromatic heterocycles. The lowest BCUT2D eigenvalue weighted by Crippen LogP contribution is -2.34. The molecule has 0 amide bonds. The van der Waals surface area contributed by atoms with Gasteiger partial charge >= 0.3 is 0 Å². The van der Waals surface area contributed by atoms with Crippen molar-refractivity contribution < 1.29 is 13.9 Å². The monoisotopic (exact) mass is 437 g/mol. The van der Waals surface area contributed by atoms with Gasteiger partial charge in [-0.3, -0.25) is 0 Å².